The Kier molecular flexibility index (Phi) is 4.04. The van der Waals surface area contributed by atoms with E-state index >= 15 is 0 Å². The molecule has 1 fully saturated rings. The summed E-state index contributed by atoms with van der Waals surface area (Å²) in [5.74, 6) is 0.760. The molecule has 5 heteroatoms. The molecule has 1 aliphatic heterocycles. The van der Waals surface area contributed by atoms with Gasteiger partial charge in [0.15, 0.2) is 0 Å². The second-order valence-electron chi connectivity index (χ2n) is 4.25. The highest BCUT2D eigenvalue weighted by Crippen LogP contribution is 2.20. The molecule has 0 saturated carbocycles. The van der Waals surface area contributed by atoms with E-state index in [1.54, 1.807) is 0 Å². The first-order chi connectivity index (χ1) is 8.72. The van der Waals surface area contributed by atoms with Crippen molar-refractivity contribution in [2.75, 3.05) is 31.2 Å². The molecule has 0 radical (unpaired) electrons. The lowest BCUT2D eigenvalue weighted by atomic mass is 10.2. The Morgan fingerprint density at radius 1 is 1.44 bits per heavy atom. The average Bonchev–Trinajstić information content (AvgIpc) is 2.39. The summed E-state index contributed by atoms with van der Waals surface area (Å²) in [7, 11) is 0. The van der Waals surface area contributed by atoms with Crippen molar-refractivity contribution >= 4 is 11.6 Å². The summed E-state index contributed by atoms with van der Waals surface area (Å²) < 4.78 is 5.37. The molecule has 1 aromatic carbocycles. The molecule has 1 aliphatic rings. The molecular weight excluding hydrogens is 232 g/mol. The number of carbonyl (C=O) groups excluding carboxylic acids is 1. The van der Waals surface area contributed by atoms with Crippen molar-refractivity contribution in [2.45, 2.75) is 13.0 Å². The fraction of sp³-hybridized carbons (Fsp3) is 0.462. The van der Waals surface area contributed by atoms with E-state index in [0.717, 1.165) is 11.4 Å². The number of hydrogen-bond donors (Lipinski definition) is 2. The third-order valence-electron chi connectivity index (χ3n) is 2.87. The quantitative estimate of drug-likeness (QED) is 0.811. The average molecular weight is 250 g/mol. The van der Waals surface area contributed by atoms with Gasteiger partial charge in [-0.05, 0) is 31.2 Å². The minimum atomic E-state index is -0.196. The predicted octanol–water partition coefficient (Wildman–Crippen LogP) is 0.382. The number of rotatable bonds is 4. The molecule has 1 heterocycles. The van der Waals surface area contributed by atoms with Gasteiger partial charge in [0.2, 0.25) is 5.91 Å². The lowest BCUT2D eigenvalue weighted by molar-refractivity contribution is -0.121. The van der Waals surface area contributed by atoms with Crippen LogP contribution in [0.5, 0.6) is 5.75 Å². The summed E-state index contributed by atoms with van der Waals surface area (Å²) in [5.41, 5.74) is 0.965. The SMILES string of the molecule is CCOc1ccc(N2CC(=O)NC(CO)C2)cc1. The van der Waals surface area contributed by atoms with Crippen LogP contribution in [0.4, 0.5) is 5.69 Å². The molecule has 1 saturated heterocycles. The van der Waals surface area contributed by atoms with Crippen LogP contribution in [0.25, 0.3) is 0 Å². The van der Waals surface area contributed by atoms with E-state index in [0.29, 0.717) is 19.7 Å². The molecule has 2 N–H and O–H groups in total. The Balaban J connectivity index is 2.07. The Labute approximate surface area is 106 Å². The Hall–Kier alpha value is -1.75. The zero-order chi connectivity index (χ0) is 13.0. The summed E-state index contributed by atoms with van der Waals surface area (Å²) in [6.07, 6.45) is 0. The normalized spacial score (nSPS) is 19.6. The third kappa shape index (κ3) is 2.92. The first-order valence-electron chi connectivity index (χ1n) is 6.11. The van der Waals surface area contributed by atoms with Crippen LogP contribution >= 0.6 is 0 Å². The molecule has 0 aliphatic carbocycles. The van der Waals surface area contributed by atoms with E-state index < -0.39 is 0 Å². The molecule has 0 aromatic heterocycles. The summed E-state index contributed by atoms with van der Waals surface area (Å²) in [6.45, 7) is 3.48. The summed E-state index contributed by atoms with van der Waals surface area (Å²) >= 11 is 0. The van der Waals surface area contributed by atoms with Crippen molar-refractivity contribution in [1.29, 1.82) is 0 Å². The van der Waals surface area contributed by atoms with E-state index in [9.17, 15) is 4.79 Å². The maximum absolute atomic E-state index is 11.5. The topological polar surface area (TPSA) is 61.8 Å². The molecule has 5 nitrogen and oxygen atoms in total. The van der Waals surface area contributed by atoms with Crippen LogP contribution in [0, 0.1) is 0 Å². The first kappa shape index (κ1) is 12.7. The smallest absolute Gasteiger partial charge is 0.239 e. The number of ether oxygens (including phenoxy) is 1. The van der Waals surface area contributed by atoms with Crippen LogP contribution in [-0.2, 0) is 4.79 Å². The second-order valence-corrected chi connectivity index (χ2v) is 4.25. The van der Waals surface area contributed by atoms with Gasteiger partial charge in [0.05, 0.1) is 25.8 Å². The third-order valence-corrected chi connectivity index (χ3v) is 2.87. The highest BCUT2D eigenvalue weighted by Gasteiger charge is 2.23. The number of nitrogens with zero attached hydrogens (tertiary/aromatic N) is 1. The number of hydrogen-bond acceptors (Lipinski definition) is 4. The van der Waals surface area contributed by atoms with Crippen molar-refractivity contribution in [2.24, 2.45) is 0 Å². The van der Waals surface area contributed by atoms with Gasteiger partial charge in [-0.1, -0.05) is 0 Å². The minimum Gasteiger partial charge on any atom is -0.494 e. The van der Waals surface area contributed by atoms with Crippen molar-refractivity contribution in [3.8, 4) is 5.75 Å². The van der Waals surface area contributed by atoms with Crippen LogP contribution in [0.3, 0.4) is 0 Å². The molecule has 1 aromatic rings. The van der Waals surface area contributed by atoms with Crippen molar-refractivity contribution < 1.29 is 14.6 Å². The number of nitrogens with one attached hydrogen (secondary N) is 1. The molecule has 1 amide bonds. The lowest BCUT2D eigenvalue weighted by Gasteiger charge is -2.33. The van der Waals surface area contributed by atoms with Gasteiger partial charge in [0.1, 0.15) is 5.75 Å². The zero-order valence-electron chi connectivity index (χ0n) is 10.4. The molecule has 2 rings (SSSR count). The maximum atomic E-state index is 11.5. The predicted molar refractivity (Wildman–Crippen MR) is 68.8 cm³/mol. The molecule has 0 bridgehead atoms. The van der Waals surface area contributed by atoms with Crippen LogP contribution < -0.4 is 15.0 Å². The van der Waals surface area contributed by atoms with Crippen molar-refractivity contribution in [1.82, 2.24) is 5.32 Å². The van der Waals surface area contributed by atoms with Gasteiger partial charge in [0, 0.05) is 12.2 Å². The monoisotopic (exact) mass is 250 g/mol. The highest BCUT2D eigenvalue weighted by molar-refractivity contribution is 5.83. The standard InChI is InChI=1S/C13H18N2O3/c1-2-18-12-5-3-11(4-6-12)15-7-10(9-16)14-13(17)8-15/h3-6,10,16H,2,7-9H2,1H3,(H,14,17). The van der Waals surface area contributed by atoms with Gasteiger partial charge < -0.3 is 20.1 Å². The number of benzene rings is 1. The van der Waals surface area contributed by atoms with E-state index in [1.807, 2.05) is 36.1 Å². The van der Waals surface area contributed by atoms with Crippen molar-refractivity contribution in [3.63, 3.8) is 0 Å². The van der Waals surface area contributed by atoms with Gasteiger partial charge in [-0.25, -0.2) is 0 Å². The first-order valence-corrected chi connectivity index (χ1v) is 6.11. The molecular formula is C13H18N2O3. The number of piperazine rings is 1. The maximum Gasteiger partial charge on any atom is 0.239 e. The molecule has 98 valence electrons. The number of aliphatic hydroxyl groups excluding tert-OH is 1. The van der Waals surface area contributed by atoms with Crippen LogP contribution in [-0.4, -0.2) is 43.4 Å². The highest BCUT2D eigenvalue weighted by atomic mass is 16.5. The lowest BCUT2D eigenvalue weighted by Crippen LogP contribution is -2.55. The summed E-state index contributed by atoms with van der Waals surface area (Å²) in [4.78, 5) is 13.5. The second kappa shape index (κ2) is 5.73. The Morgan fingerprint density at radius 3 is 2.78 bits per heavy atom. The Morgan fingerprint density at radius 2 is 2.17 bits per heavy atom. The van der Waals surface area contributed by atoms with Crippen LogP contribution in [0.1, 0.15) is 6.92 Å². The fourth-order valence-corrected chi connectivity index (χ4v) is 2.04. The van der Waals surface area contributed by atoms with Gasteiger partial charge in [-0.15, -0.1) is 0 Å². The summed E-state index contributed by atoms with van der Waals surface area (Å²) in [6, 6.07) is 7.44. The van der Waals surface area contributed by atoms with E-state index in [-0.39, 0.29) is 18.6 Å². The van der Waals surface area contributed by atoms with Crippen LogP contribution in [0.15, 0.2) is 24.3 Å². The summed E-state index contributed by atoms with van der Waals surface area (Å²) in [5, 5.41) is 11.9. The Bertz CT molecular complexity index is 405. The zero-order valence-corrected chi connectivity index (χ0v) is 10.4. The molecule has 1 unspecified atom stereocenters. The number of aliphatic hydroxyl groups is 1. The largest absolute Gasteiger partial charge is 0.494 e. The molecule has 1 atom stereocenters. The van der Waals surface area contributed by atoms with E-state index in [2.05, 4.69) is 5.32 Å². The van der Waals surface area contributed by atoms with Gasteiger partial charge >= 0.3 is 0 Å². The van der Waals surface area contributed by atoms with Crippen molar-refractivity contribution in [3.05, 3.63) is 24.3 Å². The minimum absolute atomic E-state index is 0.0424. The van der Waals surface area contributed by atoms with Gasteiger partial charge in [-0.2, -0.15) is 0 Å². The molecule has 18 heavy (non-hydrogen) atoms. The fourth-order valence-electron chi connectivity index (χ4n) is 2.04. The van der Waals surface area contributed by atoms with Gasteiger partial charge in [0.25, 0.3) is 0 Å². The van der Waals surface area contributed by atoms with E-state index in [1.165, 1.54) is 0 Å². The van der Waals surface area contributed by atoms with Crippen LogP contribution in [0.2, 0.25) is 0 Å². The van der Waals surface area contributed by atoms with E-state index in [4.69, 9.17) is 9.84 Å². The number of carbonyl (C=O) groups is 1. The number of anilines is 1. The number of amides is 1. The van der Waals surface area contributed by atoms with Gasteiger partial charge in [-0.3, -0.25) is 4.79 Å². The molecule has 0 spiro atoms.